The van der Waals surface area contributed by atoms with Crippen LogP contribution in [0.3, 0.4) is 0 Å². The quantitative estimate of drug-likeness (QED) is 0.590. The molecule has 0 saturated heterocycles. The van der Waals surface area contributed by atoms with Gasteiger partial charge in [-0.25, -0.2) is 0 Å². The highest BCUT2D eigenvalue weighted by atomic mass is 16.5. The fourth-order valence-electron chi connectivity index (χ4n) is 1.75. The van der Waals surface area contributed by atoms with Gasteiger partial charge in [0.05, 0.1) is 6.61 Å². The number of nitrogens with two attached hydrogens (primary N) is 2. The van der Waals surface area contributed by atoms with Crippen molar-refractivity contribution in [2.24, 2.45) is 5.73 Å². The molecule has 0 fully saturated rings. The van der Waals surface area contributed by atoms with Crippen molar-refractivity contribution in [2.45, 2.75) is 19.4 Å². The maximum absolute atomic E-state index is 5.95. The maximum atomic E-state index is 5.95. The van der Waals surface area contributed by atoms with E-state index >= 15 is 0 Å². The van der Waals surface area contributed by atoms with Gasteiger partial charge >= 0.3 is 0 Å². The summed E-state index contributed by atoms with van der Waals surface area (Å²) >= 11 is 0. The van der Waals surface area contributed by atoms with Crippen LogP contribution in [0.5, 0.6) is 5.75 Å². The van der Waals surface area contributed by atoms with Gasteiger partial charge in [0.25, 0.3) is 0 Å². The van der Waals surface area contributed by atoms with Gasteiger partial charge in [-0.2, -0.15) is 0 Å². The van der Waals surface area contributed by atoms with Gasteiger partial charge in [-0.05, 0) is 24.6 Å². The minimum atomic E-state index is 0.0750. The Labute approximate surface area is 77.7 Å². The lowest BCUT2D eigenvalue weighted by molar-refractivity contribution is 0.267. The number of hydrogen-bond donors (Lipinski definition) is 2. The summed E-state index contributed by atoms with van der Waals surface area (Å²) in [6.45, 7) is 2.70. The van der Waals surface area contributed by atoms with Crippen LogP contribution in [0.1, 0.15) is 23.6 Å². The van der Waals surface area contributed by atoms with Gasteiger partial charge in [-0.15, -0.1) is 0 Å². The molecule has 0 unspecified atom stereocenters. The standard InChI is InChI=1S/C10H14N2O/c1-6-4-7(11)5-8-9(12)2-3-13-10(6)8/h4-5,9H,2-3,11-12H2,1H3/t9-/m1/s1. The molecule has 3 heteroatoms. The summed E-state index contributed by atoms with van der Waals surface area (Å²) in [5, 5.41) is 0. The molecule has 70 valence electrons. The third kappa shape index (κ3) is 1.35. The molecular weight excluding hydrogens is 164 g/mol. The third-order valence-electron chi connectivity index (χ3n) is 2.40. The van der Waals surface area contributed by atoms with Crippen molar-refractivity contribution >= 4 is 5.69 Å². The van der Waals surface area contributed by atoms with Crippen LogP contribution < -0.4 is 16.2 Å². The monoisotopic (exact) mass is 178 g/mol. The number of ether oxygens (including phenoxy) is 1. The lowest BCUT2D eigenvalue weighted by Gasteiger charge is -2.24. The number of anilines is 1. The molecule has 1 aromatic carbocycles. The fraction of sp³-hybridized carbons (Fsp3) is 0.400. The normalized spacial score (nSPS) is 20.6. The highest BCUT2D eigenvalue weighted by Crippen LogP contribution is 2.34. The summed E-state index contributed by atoms with van der Waals surface area (Å²) in [7, 11) is 0. The van der Waals surface area contributed by atoms with Crippen LogP contribution in [0.15, 0.2) is 12.1 Å². The highest BCUT2D eigenvalue weighted by molar-refractivity contribution is 5.54. The van der Waals surface area contributed by atoms with E-state index < -0.39 is 0 Å². The molecule has 1 atom stereocenters. The van der Waals surface area contributed by atoms with E-state index in [9.17, 15) is 0 Å². The van der Waals surface area contributed by atoms with Gasteiger partial charge in [0.15, 0.2) is 0 Å². The molecule has 1 heterocycles. The molecule has 1 aliphatic rings. The molecular formula is C10H14N2O. The minimum Gasteiger partial charge on any atom is -0.493 e. The molecule has 0 bridgehead atoms. The number of nitrogen functional groups attached to an aromatic ring is 1. The van der Waals surface area contributed by atoms with E-state index in [2.05, 4.69) is 0 Å². The van der Waals surface area contributed by atoms with Gasteiger partial charge in [0.1, 0.15) is 5.75 Å². The first-order chi connectivity index (χ1) is 6.18. The Kier molecular flexibility index (Phi) is 1.88. The van der Waals surface area contributed by atoms with Crippen molar-refractivity contribution < 1.29 is 4.74 Å². The first kappa shape index (κ1) is 8.38. The number of rotatable bonds is 0. The van der Waals surface area contributed by atoms with E-state index in [-0.39, 0.29) is 6.04 Å². The summed E-state index contributed by atoms with van der Waals surface area (Å²) < 4.78 is 5.54. The van der Waals surface area contributed by atoms with Crippen LogP contribution in [0.25, 0.3) is 0 Å². The fourth-order valence-corrected chi connectivity index (χ4v) is 1.75. The van der Waals surface area contributed by atoms with Crippen LogP contribution in [-0.2, 0) is 0 Å². The number of aryl methyl sites for hydroxylation is 1. The molecule has 4 N–H and O–H groups in total. The summed E-state index contributed by atoms with van der Waals surface area (Å²) in [6.07, 6.45) is 0.871. The van der Waals surface area contributed by atoms with E-state index in [1.807, 2.05) is 19.1 Å². The van der Waals surface area contributed by atoms with Gasteiger partial charge in [-0.3, -0.25) is 0 Å². The lowest BCUT2D eigenvalue weighted by Crippen LogP contribution is -2.21. The Hall–Kier alpha value is -1.22. The van der Waals surface area contributed by atoms with Crippen molar-refractivity contribution in [1.29, 1.82) is 0 Å². The van der Waals surface area contributed by atoms with Crippen LogP contribution >= 0.6 is 0 Å². The maximum Gasteiger partial charge on any atom is 0.127 e. The van der Waals surface area contributed by atoms with Crippen molar-refractivity contribution in [3.8, 4) is 5.75 Å². The molecule has 0 aliphatic carbocycles. The molecule has 0 saturated carbocycles. The van der Waals surface area contributed by atoms with Crippen molar-refractivity contribution in [3.63, 3.8) is 0 Å². The Balaban J connectivity index is 2.56. The lowest BCUT2D eigenvalue weighted by atomic mass is 9.98. The number of hydrogen-bond acceptors (Lipinski definition) is 3. The summed E-state index contributed by atoms with van der Waals surface area (Å²) in [5.74, 6) is 0.924. The summed E-state index contributed by atoms with van der Waals surface area (Å²) in [5.41, 5.74) is 14.6. The molecule has 1 aliphatic heterocycles. The largest absolute Gasteiger partial charge is 0.493 e. The number of benzene rings is 1. The van der Waals surface area contributed by atoms with Crippen molar-refractivity contribution in [3.05, 3.63) is 23.3 Å². The van der Waals surface area contributed by atoms with E-state index in [0.29, 0.717) is 6.61 Å². The van der Waals surface area contributed by atoms with E-state index in [1.54, 1.807) is 0 Å². The topological polar surface area (TPSA) is 61.3 Å². The molecule has 3 nitrogen and oxygen atoms in total. The van der Waals surface area contributed by atoms with E-state index in [0.717, 1.165) is 29.0 Å². The third-order valence-corrected chi connectivity index (χ3v) is 2.40. The highest BCUT2D eigenvalue weighted by Gasteiger charge is 2.19. The Morgan fingerprint density at radius 3 is 3.00 bits per heavy atom. The molecule has 0 amide bonds. The van der Waals surface area contributed by atoms with Crippen LogP contribution in [-0.4, -0.2) is 6.61 Å². The van der Waals surface area contributed by atoms with Crippen LogP contribution in [0.2, 0.25) is 0 Å². The molecule has 1 aromatic rings. The molecule has 13 heavy (non-hydrogen) atoms. The molecule has 0 radical (unpaired) electrons. The van der Waals surface area contributed by atoms with E-state index in [4.69, 9.17) is 16.2 Å². The van der Waals surface area contributed by atoms with Gasteiger partial charge < -0.3 is 16.2 Å². The van der Waals surface area contributed by atoms with E-state index in [1.165, 1.54) is 0 Å². The SMILES string of the molecule is Cc1cc(N)cc2c1OCC[C@H]2N. The minimum absolute atomic E-state index is 0.0750. The van der Waals surface area contributed by atoms with Gasteiger partial charge in [0.2, 0.25) is 0 Å². The second kappa shape index (κ2) is 2.92. The molecule has 0 spiro atoms. The Morgan fingerprint density at radius 2 is 2.23 bits per heavy atom. The van der Waals surface area contributed by atoms with Crippen molar-refractivity contribution in [2.75, 3.05) is 12.3 Å². The predicted octanol–water partition coefficient (Wildman–Crippen LogP) is 1.36. The number of fused-ring (bicyclic) bond motifs is 1. The second-order valence-electron chi connectivity index (χ2n) is 3.50. The first-order valence-corrected chi connectivity index (χ1v) is 4.47. The van der Waals surface area contributed by atoms with Crippen LogP contribution in [0.4, 0.5) is 5.69 Å². The second-order valence-corrected chi connectivity index (χ2v) is 3.50. The zero-order valence-electron chi connectivity index (χ0n) is 7.71. The molecule has 2 rings (SSSR count). The predicted molar refractivity (Wildman–Crippen MR) is 52.6 cm³/mol. The van der Waals surface area contributed by atoms with Gasteiger partial charge in [-0.1, -0.05) is 0 Å². The van der Waals surface area contributed by atoms with Crippen molar-refractivity contribution in [1.82, 2.24) is 0 Å². The van der Waals surface area contributed by atoms with Crippen LogP contribution in [0, 0.1) is 6.92 Å². The summed E-state index contributed by atoms with van der Waals surface area (Å²) in [4.78, 5) is 0. The Morgan fingerprint density at radius 1 is 1.46 bits per heavy atom. The average molecular weight is 178 g/mol. The smallest absolute Gasteiger partial charge is 0.127 e. The van der Waals surface area contributed by atoms with Gasteiger partial charge in [0, 0.05) is 23.7 Å². The Bertz CT molecular complexity index is 336. The molecule has 0 aromatic heterocycles. The zero-order chi connectivity index (χ0) is 9.42. The summed E-state index contributed by atoms with van der Waals surface area (Å²) in [6, 6.07) is 3.90. The first-order valence-electron chi connectivity index (χ1n) is 4.47. The zero-order valence-corrected chi connectivity index (χ0v) is 7.71. The average Bonchev–Trinajstić information content (AvgIpc) is 2.07.